The molecule has 3 N–H and O–H groups in total. The number of benzene rings is 1. The normalized spacial score (nSPS) is 13.4. The molecule has 0 saturated carbocycles. The van der Waals surface area contributed by atoms with Crippen molar-refractivity contribution in [2.24, 2.45) is 5.84 Å². The van der Waals surface area contributed by atoms with Crippen molar-refractivity contribution in [1.29, 1.82) is 0 Å². The molecular weight excluding hydrogens is 281 g/mol. The fraction of sp³-hybridized carbons (Fsp3) is 0.333. The van der Waals surface area contributed by atoms with Crippen LogP contribution in [0.4, 0.5) is 13.2 Å². The topological polar surface area (TPSA) is 51.2 Å². The Morgan fingerprint density at radius 1 is 1.19 bits per heavy atom. The number of halogens is 3. The number of hydrogen-bond donors (Lipinski definition) is 2. The van der Waals surface area contributed by atoms with Crippen LogP contribution >= 0.6 is 0 Å². The van der Waals surface area contributed by atoms with Crippen LogP contribution in [0.2, 0.25) is 0 Å². The smallest absolute Gasteiger partial charge is 0.416 e. The van der Waals surface area contributed by atoms with E-state index in [0.29, 0.717) is 6.42 Å². The Hall–Kier alpha value is -1.79. The standard InChI is InChI=1S/C15H17F3N2O/c1-2-14-12(7-8-21-14)13(20-19)9-10-3-5-11(6-4-10)15(16,17)18/h3-8,13,20H,2,9,19H2,1H3. The molecule has 0 fully saturated rings. The van der Waals surface area contributed by atoms with Gasteiger partial charge in [0.05, 0.1) is 17.9 Å². The lowest BCUT2D eigenvalue weighted by Crippen LogP contribution is -2.30. The average molecular weight is 298 g/mol. The lowest BCUT2D eigenvalue weighted by Gasteiger charge is -2.16. The SMILES string of the molecule is CCc1occc1C(Cc1ccc(C(F)(F)F)cc1)NN. The molecule has 21 heavy (non-hydrogen) atoms. The molecule has 0 aliphatic rings. The van der Waals surface area contributed by atoms with E-state index in [1.165, 1.54) is 12.1 Å². The first-order valence-electron chi connectivity index (χ1n) is 6.64. The molecule has 0 aliphatic heterocycles. The second-order valence-electron chi connectivity index (χ2n) is 4.77. The van der Waals surface area contributed by atoms with Crippen LogP contribution in [0.1, 0.15) is 35.4 Å². The van der Waals surface area contributed by atoms with Crippen molar-refractivity contribution in [2.45, 2.75) is 32.0 Å². The first kappa shape index (κ1) is 15.6. The third kappa shape index (κ3) is 3.65. The molecule has 1 atom stereocenters. The maximum atomic E-state index is 12.5. The molecule has 2 rings (SSSR count). The quantitative estimate of drug-likeness (QED) is 0.655. The highest BCUT2D eigenvalue weighted by atomic mass is 19.4. The Kier molecular flexibility index (Phi) is 4.69. The van der Waals surface area contributed by atoms with Crippen molar-refractivity contribution < 1.29 is 17.6 Å². The lowest BCUT2D eigenvalue weighted by molar-refractivity contribution is -0.137. The summed E-state index contributed by atoms with van der Waals surface area (Å²) >= 11 is 0. The van der Waals surface area contributed by atoms with Gasteiger partial charge in [-0.25, -0.2) is 0 Å². The number of nitrogens with two attached hydrogens (primary N) is 1. The van der Waals surface area contributed by atoms with Gasteiger partial charge in [-0.05, 0) is 30.2 Å². The molecule has 0 bridgehead atoms. The van der Waals surface area contributed by atoms with Crippen molar-refractivity contribution in [2.75, 3.05) is 0 Å². The molecule has 1 aromatic carbocycles. The third-order valence-electron chi connectivity index (χ3n) is 3.40. The van der Waals surface area contributed by atoms with Gasteiger partial charge in [0.15, 0.2) is 0 Å². The summed E-state index contributed by atoms with van der Waals surface area (Å²) in [4.78, 5) is 0. The first-order valence-corrected chi connectivity index (χ1v) is 6.64. The van der Waals surface area contributed by atoms with Crippen LogP contribution in [-0.4, -0.2) is 0 Å². The molecule has 0 amide bonds. The van der Waals surface area contributed by atoms with Crippen LogP contribution in [0.3, 0.4) is 0 Å². The average Bonchev–Trinajstić information content (AvgIpc) is 2.92. The molecule has 0 saturated heterocycles. The van der Waals surface area contributed by atoms with E-state index in [4.69, 9.17) is 10.3 Å². The number of aryl methyl sites for hydroxylation is 1. The van der Waals surface area contributed by atoms with Crippen LogP contribution in [-0.2, 0) is 19.0 Å². The second kappa shape index (κ2) is 6.32. The van der Waals surface area contributed by atoms with Crippen molar-refractivity contribution in [3.05, 3.63) is 59.0 Å². The maximum absolute atomic E-state index is 12.5. The Bertz CT molecular complexity index is 575. The maximum Gasteiger partial charge on any atom is 0.416 e. The van der Waals surface area contributed by atoms with E-state index >= 15 is 0 Å². The fourth-order valence-electron chi connectivity index (χ4n) is 2.27. The van der Waals surface area contributed by atoms with Crippen molar-refractivity contribution >= 4 is 0 Å². The second-order valence-corrected chi connectivity index (χ2v) is 4.77. The monoisotopic (exact) mass is 298 g/mol. The summed E-state index contributed by atoms with van der Waals surface area (Å²) < 4.78 is 42.9. The summed E-state index contributed by atoms with van der Waals surface area (Å²) in [6.07, 6.45) is -1.51. The van der Waals surface area contributed by atoms with E-state index in [1.807, 2.05) is 13.0 Å². The number of hydrazine groups is 1. The van der Waals surface area contributed by atoms with Crippen LogP contribution in [0, 0.1) is 0 Å². The molecule has 2 aromatic rings. The van der Waals surface area contributed by atoms with Gasteiger partial charge in [0.1, 0.15) is 5.76 Å². The van der Waals surface area contributed by atoms with Crippen molar-refractivity contribution in [1.82, 2.24) is 5.43 Å². The van der Waals surface area contributed by atoms with Crippen LogP contribution in [0.15, 0.2) is 41.0 Å². The Morgan fingerprint density at radius 3 is 2.38 bits per heavy atom. The van der Waals surface area contributed by atoms with E-state index in [1.54, 1.807) is 6.26 Å². The molecule has 3 nitrogen and oxygen atoms in total. The third-order valence-corrected chi connectivity index (χ3v) is 3.40. The van der Waals surface area contributed by atoms with Crippen LogP contribution < -0.4 is 11.3 Å². The highest BCUT2D eigenvalue weighted by Crippen LogP contribution is 2.30. The van der Waals surface area contributed by atoms with Crippen LogP contribution in [0.25, 0.3) is 0 Å². The molecule has 1 heterocycles. The van der Waals surface area contributed by atoms with E-state index in [2.05, 4.69) is 5.43 Å². The zero-order valence-corrected chi connectivity index (χ0v) is 11.6. The molecule has 6 heteroatoms. The van der Waals surface area contributed by atoms with Gasteiger partial charge in [-0.1, -0.05) is 19.1 Å². The molecule has 0 radical (unpaired) electrons. The zero-order chi connectivity index (χ0) is 15.5. The molecule has 0 aliphatic carbocycles. The van der Waals surface area contributed by atoms with E-state index in [-0.39, 0.29) is 6.04 Å². The predicted octanol–water partition coefficient (Wildman–Crippen LogP) is 3.61. The summed E-state index contributed by atoms with van der Waals surface area (Å²) in [7, 11) is 0. The first-order chi connectivity index (χ1) is 9.95. The largest absolute Gasteiger partial charge is 0.469 e. The summed E-state index contributed by atoms with van der Waals surface area (Å²) in [5.74, 6) is 6.39. The van der Waals surface area contributed by atoms with E-state index in [9.17, 15) is 13.2 Å². The van der Waals surface area contributed by atoms with Gasteiger partial charge in [-0.2, -0.15) is 13.2 Å². The van der Waals surface area contributed by atoms with E-state index < -0.39 is 11.7 Å². The van der Waals surface area contributed by atoms with Gasteiger partial charge in [-0.15, -0.1) is 0 Å². The molecule has 1 aromatic heterocycles. The summed E-state index contributed by atoms with van der Waals surface area (Å²) in [5, 5.41) is 0. The fourth-order valence-corrected chi connectivity index (χ4v) is 2.27. The highest BCUT2D eigenvalue weighted by Gasteiger charge is 2.30. The van der Waals surface area contributed by atoms with Gasteiger partial charge in [0.2, 0.25) is 0 Å². The number of hydrogen-bond acceptors (Lipinski definition) is 3. The van der Waals surface area contributed by atoms with Crippen LogP contribution in [0.5, 0.6) is 0 Å². The molecule has 1 unspecified atom stereocenters. The molecular formula is C15H17F3N2O. The van der Waals surface area contributed by atoms with Gasteiger partial charge < -0.3 is 4.42 Å². The summed E-state index contributed by atoms with van der Waals surface area (Å²) in [6, 6.07) is 6.74. The van der Waals surface area contributed by atoms with Gasteiger partial charge in [0.25, 0.3) is 0 Å². The van der Waals surface area contributed by atoms with Gasteiger partial charge in [-0.3, -0.25) is 11.3 Å². The summed E-state index contributed by atoms with van der Waals surface area (Å²) in [6.45, 7) is 1.97. The minimum absolute atomic E-state index is 0.199. The van der Waals surface area contributed by atoms with Gasteiger partial charge in [0, 0.05) is 12.0 Å². The Balaban J connectivity index is 2.16. The number of furan rings is 1. The number of alkyl halides is 3. The van der Waals surface area contributed by atoms with Crippen molar-refractivity contribution in [3.63, 3.8) is 0 Å². The number of nitrogens with one attached hydrogen (secondary N) is 1. The predicted molar refractivity (Wildman–Crippen MR) is 73.3 cm³/mol. The van der Waals surface area contributed by atoms with Gasteiger partial charge >= 0.3 is 6.18 Å². The Labute approximate surface area is 120 Å². The summed E-state index contributed by atoms with van der Waals surface area (Å²) in [5.41, 5.74) is 3.74. The zero-order valence-electron chi connectivity index (χ0n) is 11.6. The molecule has 0 spiro atoms. The molecule has 114 valence electrons. The minimum atomic E-state index is -4.32. The number of rotatable bonds is 5. The Morgan fingerprint density at radius 2 is 1.86 bits per heavy atom. The highest BCUT2D eigenvalue weighted by molar-refractivity contribution is 5.28. The minimum Gasteiger partial charge on any atom is -0.469 e. The van der Waals surface area contributed by atoms with Crippen molar-refractivity contribution in [3.8, 4) is 0 Å². The lowest BCUT2D eigenvalue weighted by atomic mass is 9.98. The van der Waals surface area contributed by atoms with E-state index in [0.717, 1.165) is 35.4 Å².